The van der Waals surface area contributed by atoms with Gasteiger partial charge in [0.1, 0.15) is 35.5 Å². The fourth-order valence-corrected chi connectivity index (χ4v) is 4.20. The molecule has 1 aromatic carbocycles. The van der Waals surface area contributed by atoms with E-state index in [1.807, 2.05) is 0 Å². The summed E-state index contributed by atoms with van der Waals surface area (Å²) in [5, 5.41) is 42.8. The molecule has 1 saturated carbocycles. The lowest BCUT2D eigenvalue weighted by molar-refractivity contribution is -0.231. The van der Waals surface area contributed by atoms with E-state index in [-0.39, 0.29) is 5.91 Å². The third kappa shape index (κ3) is 3.71. The van der Waals surface area contributed by atoms with Gasteiger partial charge in [-0.1, -0.05) is 0 Å². The van der Waals surface area contributed by atoms with Crippen molar-refractivity contribution in [2.75, 3.05) is 13.2 Å². The van der Waals surface area contributed by atoms with E-state index < -0.39 is 37.1 Å². The van der Waals surface area contributed by atoms with Crippen molar-refractivity contribution in [1.29, 1.82) is 0 Å². The largest absolute Gasteiger partial charge is 0.394 e. The lowest BCUT2D eigenvalue weighted by atomic mass is 9.95. The number of thiazole rings is 1. The molecule has 27 heavy (non-hydrogen) atoms. The Labute approximate surface area is 159 Å². The Balaban J connectivity index is 1.56. The van der Waals surface area contributed by atoms with Crippen LogP contribution in [0.4, 0.5) is 0 Å². The fraction of sp³-hybridized carbons (Fsp3) is 0.556. The van der Waals surface area contributed by atoms with Crippen molar-refractivity contribution < 1.29 is 30.0 Å². The third-order valence-electron chi connectivity index (χ3n) is 5.05. The molecule has 4 rings (SSSR count). The van der Waals surface area contributed by atoms with Crippen molar-refractivity contribution in [3.05, 3.63) is 28.8 Å². The van der Waals surface area contributed by atoms with E-state index in [1.54, 1.807) is 18.2 Å². The van der Waals surface area contributed by atoms with Crippen LogP contribution in [0.5, 0.6) is 0 Å². The zero-order chi connectivity index (χ0) is 19.1. The Morgan fingerprint density at radius 2 is 2.00 bits per heavy atom. The van der Waals surface area contributed by atoms with Crippen molar-refractivity contribution >= 4 is 27.5 Å². The Hall–Kier alpha value is -1.62. The monoisotopic (exact) mass is 394 g/mol. The molecule has 5 N–H and O–H groups in total. The Kier molecular flexibility index (Phi) is 5.15. The van der Waals surface area contributed by atoms with Gasteiger partial charge < -0.3 is 30.5 Å². The number of nitrogens with zero attached hydrogens (tertiary/aromatic N) is 1. The highest BCUT2D eigenvalue weighted by atomic mass is 32.1. The normalized spacial score (nSPS) is 31.2. The standard InChI is InChI=1S/C18H22N2O6S/c21-7-11-13(22)14(23)15(24)16(26-11)18-20-10-5-9(3-4-12(10)27-18)17(25)19-6-8-1-2-8/h3-5,8,11,13-16,21-24H,1-2,6-7H2,(H,19,25)/t11-,13+,14+,15-,16-/m1/s1. The molecule has 1 aliphatic carbocycles. The summed E-state index contributed by atoms with van der Waals surface area (Å²) in [4.78, 5) is 16.7. The molecule has 0 spiro atoms. The minimum absolute atomic E-state index is 0.147. The Morgan fingerprint density at radius 3 is 2.70 bits per heavy atom. The van der Waals surface area contributed by atoms with Crippen LogP contribution in [0.1, 0.15) is 34.3 Å². The quantitative estimate of drug-likeness (QED) is 0.480. The zero-order valence-electron chi connectivity index (χ0n) is 14.5. The maximum absolute atomic E-state index is 12.3. The van der Waals surface area contributed by atoms with Crippen LogP contribution in [-0.2, 0) is 4.74 Å². The lowest BCUT2D eigenvalue weighted by Crippen LogP contribution is -2.55. The molecule has 0 radical (unpaired) electrons. The number of nitrogens with one attached hydrogen (secondary N) is 1. The molecule has 5 atom stereocenters. The number of hydrogen-bond acceptors (Lipinski definition) is 8. The van der Waals surface area contributed by atoms with Gasteiger partial charge in [0, 0.05) is 12.1 Å². The van der Waals surface area contributed by atoms with Crippen LogP contribution in [0.3, 0.4) is 0 Å². The molecule has 2 fully saturated rings. The third-order valence-corrected chi connectivity index (χ3v) is 6.15. The zero-order valence-corrected chi connectivity index (χ0v) is 15.3. The predicted octanol–water partition coefficient (Wildman–Crippen LogP) is -0.0490. The van der Waals surface area contributed by atoms with E-state index in [1.165, 1.54) is 11.3 Å². The first-order valence-electron chi connectivity index (χ1n) is 8.97. The van der Waals surface area contributed by atoms with E-state index in [4.69, 9.17) is 4.74 Å². The van der Waals surface area contributed by atoms with Gasteiger partial charge in [-0.15, -0.1) is 11.3 Å². The second-order valence-electron chi connectivity index (χ2n) is 7.14. The van der Waals surface area contributed by atoms with Gasteiger partial charge in [-0.2, -0.15) is 0 Å². The highest BCUT2D eigenvalue weighted by Gasteiger charge is 2.45. The minimum Gasteiger partial charge on any atom is -0.394 e. The number of benzene rings is 1. The molecule has 1 aliphatic heterocycles. The second-order valence-corrected chi connectivity index (χ2v) is 8.20. The second kappa shape index (κ2) is 7.42. The minimum atomic E-state index is -1.45. The van der Waals surface area contributed by atoms with Crippen LogP contribution in [0.15, 0.2) is 18.2 Å². The van der Waals surface area contributed by atoms with Crippen molar-refractivity contribution in [3.63, 3.8) is 0 Å². The number of carbonyl (C=O) groups is 1. The van der Waals surface area contributed by atoms with Gasteiger partial charge in [-0.3, -0.25) is 4.79 Å². The van der Waals surface area contributed by atoms with Gasteiger partial charge in [0.2, 0.25) is 0 Å². The molecule has 2 heterocycles. The van der Waals surface area contributed by atoms with Crippen LogP contribution in [0.25, 0.3) is 10.2 Å². The number of hydrogen-bond donors (Lipinski definition) is 5. The SMILES string of the molecule is O=C(NCC1CC1)c1ccc2sc([C@@H]3O[C@H](CO)[C@H](O)[C@H](O)[C@H]3O)nc2c1. The number of aliphatic hydroxyl groups is 4. The first kappa shape index (κ1) is 18.7. The Bertz CT molecular complexity index is 836. The summed E-state index contributed by atoms with van der Waals surface area (Å²) in [6.45, 7) is 0.196. The number of carbonyl (C=O) groups excluding carboxylic acids is 1. The van der Waals surface area contributed by atoms with Crippen LogP contribution < -0.4 is 5.32 Å². The molecule has 2 aromatic rings. The van der Waals surface area contributed by atoms with E-state index in [2.05, 4.69) is 10.3 Å². The van der Waals surface area contributed by atoms with E-state index in [9.17, 15) is 25.2 Å². The summed E-state index contributed by atoms with van der Waals surface area (Å²) in [7, 11) is 0. The van der Waals surface area contributed by atoms with Crippen molar-refractivity contribution in [1.82, 2.24) is 10.3 Å². The van der Waals surface area contributed by atoms with E-state index in [0.717, 1.165) is 17.5 Å². The summed E-state index contributed by atoms with van der Waals surface area (Å²) in [5.41, 5.74) is 1.10. The molecular formula is C18H22N2O6S. The molecule has 2 aliphatic rings. The molecule has 8 nitrogen and oxygen atoms in total. The predicted molar refractivity (Wildman–Crippen MR) is 97.4 cm³/mol. The maximum Gasteiger partial charge on any atom is 0.251 e. The molecule has 0 unspecified atom stereocenters. The van der Waals surface area contributed by atoms with Gasteiger partial charge in [0.15, 0.2) is 0 Å². The molecule has 1 aromatic heterocycles. The smallest absolute Gasteiger partial charge is 0.251 e. The number of aromatic nitrogens is 1. The molecule has 1 saturated heterocycles. The first-order valence-corrected chi connectivity index (χ1v) is 9.78. The van der Waals surface area contributed by atoms with Crippen LogP contribution in [-0.4, -0.2) is 68.9 Å². The summed E-state index contributed by atoms with van der Waals surface area (Å²) in [5.74, 6) is 0.445. The highest BCUT2D eigenvalue weighted by Crippen LogP contribution is 2.36. The summed E-state index contributed by atoms with van der Waals surface area (Å²) >= 11 is 1.27. The number of fused-ring (bicyclic) bond motifs is 1. The fourth-order valence-electron chi connectivity index (χ4n) is 3.17. The van der Waals surface area contributed by atoms with Crippen LogP contribution >= 0.6 is 11.3 Å². The van der Waals surface area contributed by atoms with Gasteiger partial charge >= 0.3 is 0 Å². The molecular weight excluding hydrogens is 372 g/mol. The average molecular weight is 394 g/mol. The van der Waals surface area contributed by atoms with Gasteiger partial charge in [-0.05, 0) is 37.0 Å². The Morgan fingerprint density at radius 1 is 1.22 bits per heavy atom. The number of aliphatic hydroxyl groups excluding tert-OH is 4. The van der Waals surface area contributed by atoms with Crippen LogP contribution in [0.2, 0.25) is 0 Å². The number of rotatable bonds is 5. The lowest BCUT2D eigenvalue weighted by Gasteiger charge is -2.39. The average Bonchev–Trinajstić information content (AvgIpc) is 3.41. The van der Waals surface area contributed by atoms with E-state index in [0.29, 0.717) is 28.6 Å². The van der Waals surface area contributed by atoms with Crippen molar-refractivity contribution in [2.24, 2.45) is 5.92 Å². The van der Waals surface area contributed by atoms with Crippen molar-refractivity contribution in [2.45, 2.75) is 43.4 Å². The van der Waals surface area contributed by atoms with Crippen LogP contribution in [0, 0.1) is 5.92 Å². The number of ether oxygens (including phenoxy) is 1. The topological polar surface area (TPSA) is 132 Å². The van der Waals surface area contributed by atoms with Gasteiger partial charge in [0.25, 0.3) is 5.91 Å². The molecule has 0 bridgehead atoms. The number of amides is 1. The van der Waals surface area contributed by atoms with Gasteiger partial charge in [-0.25, -0.2) is 4.98 Å². The van der Waals surface area contributed by atoms with E-state index >= 15 is 0 Å². The summed E-state index contributed by atoms with van der Waals surface area (Å²) in [6.07, 6.45) is -3.85. The molecule has 9 heteroatoms. The summed E-state index contributed by atoms with van der Waals surface area (Å²) in [6, 6.07) is 5.19. The summed E-state index contributed by atoms with van der Waals surface area (Å²) < 4.78 is 6.36. The van der Waals surface area contributed by atoms with Gasteiger partial charge in [0.05, 0.1) is 16.8 Å². The van der Waals surface area contributed by atoms with Crippen molar-refractivity contribution in [3.8, 4) is 0 Å². The first-order chi connectivity index (χ1) is 13.0. The molecule has 146 valence electrons. The molecule has 1 amide bonds. The maximum atomic E-state index is 12.3. The highest BCUT2D eigenvalue weighted by molar-refractivity contribution is 7.18.